The molecule has 0 aliphatic heterocycles. The van der Waals surface area contributed by atoms with E-state index in [0.717, 1.165) is 16.7 Å². The lowest BCUT2D eigenvalue weighted by Crippen LogP contribution is -2.45. The lowest BCUT2D eigenvalue weighted by atomic mass is 10.1. The lowest BCUT2D eigenvalue weighted by Gasteiger charge is -2.21. The molecule has 2 aromatic carbocycles. The van der Waals surface area contributed by atoms with E-state index in [1.54, 1.807) is 6.07 Å². The molecular formula is C19H21FN2O2. The third-order valence-corrected chi connectivity index (χ3v) is 4.30. The molecule has 5 heteroatoms. The topological polar surface area (TPSA) is 61.4 Å². The van der Waals surface area contributed by atoms with E-state index < -0.39 is 12.1 Å². The van der Waals surface area contributed by atoms with E-state index in [4.69, 9.17) is 0 Å². The highest BCUT2D eigenvalue weighted by atomic mass is 19.1. The smallest absolute Gasteiger partial charge is 0.315 e. The van der Waals surface area contributed by atoms with Crippen molar-refractivity contribution in [1.29, 1.82) is 0 Å². The van der Waals surface area contributed by atoms with Crippen LogP contribution in [0.1, 0.15) is 29.7 Å². The van der Waals surface area contributed by atoms with E-state index in [9.17, 15) is 14.3 Å². The number of rotatable bonds is 4. The molecule has 126 valence electrons. The zero-order valence-electron chi connectivity index (χ0n) is 13.5. The van der Waals surface area contributed by atoms with Crippen LogP contribution in [0.3, 0.4) is 0 Å². The van der Waals surface area contributed by atoms with Crippen molar-refractivity contribution in [3.63, 3.8) is 0 Å². The summed E-state index contributed by atoms with van der Waals surface area (Å²) >= 11 is 0. The van der Waals surface area contributed by atoms with Crippen LogP contribution in [0.15, 0.2) is 48.5 Å². The van der Waals surface area contributed by atoms with Crippen LogP contribution in [0.25, 0.3) is 0 Å². The maximum atomic E-state index is 13.2. The summed E-state index contributed by atoms with van der Waals surface area (Å²) in [6, 6.07) is 13.2. The Kier molecular flexibility index (Phi) is 4.81. The molecule has 2 amide bonds. The van der Waals surface area contributed by atoms with Gasteiger partial charge in [-0.15, -0.1) is 0 Å². The molecule has 0 radical (unpaired) electrons. The van der Waals surface area contributed by atoms with Gasteiger partial charge in [0, 0.05) is 12.5 Å². The standard InChI is InChI=1S/C19H21FN2O2/c1-12(9-13-5-4-7-15(20)10-13)21-19(24)22-18-16-8-3-2-6-14(16)11-17(18)23/h2-8,10,12,17-18,23H,9,11H2,1H3,(H2,21,22,24). The summed E-state index contributed by atoms with van der Waals surface area (Å²) in [6.45, 7) is 1.86. The van der Waals surface area contributed by atoms with Gasteiger partial charge in [0.05, 0.1) is 12.1 Å². The molecule has 3 atom stereocenters. The predicted molar refractivity (Wildman–Crippen MR) is 90.1 cm³/mol. The number of carbonyl (C=O) groups excluding carboxylic acids is 1. The highest BCUT2D eigenvalue weighted by Gasteiger charge is 2.31. The highest BCUT2D eigenvalue weighted by molar-refractivity contribution is 5.75. The molecule has 0 aromatic heterocycles. The second kappa shape index (κ2) is 7.01. The SMILES string of the molecule is CC(Cc1cccc(F)c1)NC(=O)NC1c2ccccc2CC1O. The van der Waals surface area contributed by atoms with Crippen molar-refractivity contribution < 1.29 is 14.3 Å². The zero-order chi connectivity index (χ0) is 17.1. The fourth-order valence-electron chi connectivity index (χ4n) is 3.22. The molecule has 0 heterocycles. The quantitative estimate of drug-likeness (QED) is 0.808. The number of benzene rings is 2. The van der Waals surface area contributed by atoms with Gasteiger partial charge in [-0.05, 0) is 42.2 Å². The summed E-state index contributed by atoms with van der Waals surface area (Å²) < 4.78 is 13.2. The Morgan fingerprint density at radius 1 is 1.29 bits per heavy atom. The first-order valence-corrected chi connectivity index (χ1v) is 8.10. The first-order valence-electron chi connectivity index (χ1n) is 8.10. The van der Waals surface area contributed by atoms with Crippen molar-refractivity contribution in [2.75, 3.05) is 0 Å². The molecular weight excluding hydrogens is 307 g/mol. The average molecular weight is 328 g/mol. The van der Waals surface area contributed by atoms with E-state index in [1.165, 1.54) is 12.1 Å². The average Bonchev–Trinajstić information content (AvgIpc) is 2.83. The Hall–Kier alpha value is -2.40. The first kappa shape index (κ1) is 16.5. The molecule has 0 saturated carbocycles. The zero-order valence-corrected chi connectivity index (χ0v) is 13.5. The van der Waals surface area contributed by atoms with Gasteiger partial charge in [0.25, 0.3) is 0 Å². The number of hydrogen-bond acceptors (Lipinski definition) is 2. The Morgan fingerprint density at radius 3 is 2.88 bits per heavy atom. The number of fused-ring (bicyclic) bond motifs is 1. The van der Waals surface area contributed by atoms with Crippen LogP contribution in [-0.4, -0.2) is 23.3 Å². The minimum absolute atomic E-state index is 0.152. The largest absolute Gasteiger partial charge is 0.390 e. The van der Waals surface area contributed by atoms with Crippen molar-refractivity contribution in [2.24, 2.45) is 0 Å². The Balaban J connectivity index is 1.58. The van der Waals surface area contributed by atoms with Crippen LogP contribution in [0.4, 0.5) is 9.18 Å². The number of hydrogen-bond donors (Lipinski definition) is 3. The van der Waals surface area contributed by atoms with Gasteiger partial charge in [0.15, 0.2) is 0 Å². The molecule has 0 spiro atoms. The van der Waals surface area contributed by atoms with Gasteiger partial charge in [-0.2, -0.15) is 0 Å². The maximum Gasteiger partial charge on any atom is 0.315 e. The van der Waals surface area contributed by atoms with E-state index >= 15 is 0 Å². The van der Waals surface area contributed by atoms with Gasteiger partial charge in [-0.3, -0.25) is 0 Å². The Labute approximate surface area is 140 Å². The number of halogens is 1. The molecule has 3 N–H and O–H groups in total. The van der Waals surface area contributed by atoms with Gasteiger partial charge in [-0.25, -0.2) is 9.18 Å². The number of aliphatic hydroxyl groups is 1. The number of amides is 2. The van der Waals surface area contributed by atoms with Crippen molar-refractivity contribution in [3.8, 4) is 0 Å². The Morgan fingerprint density at radius 2 is 2.08 bits per heavy atom. The summed E-state index contributed by atoms with van der Waals surface area (Å²) in [6.07, 6.45) is 0.460. The Bertz CT molecular complexity index is 735. The second-order valence-corrected chi connectivity index (χ2v) is 6.30. The number of urea groups is 1. The van der Waals surface area contributed by atoms with Gasteiger partial charge in [0.2, 0.25) is 0 Å². The van der Waals surface area contributed by atoms with Crippen molar-refractivity contribution in [2.45, 2.75) is 38.0 Å². The fraction of sp³-hybridized carbons (Fsp3) is 0.316. The molecule has 3 unspecified atom stereocenters. The summed E-state index contributed by atoms with van der Waals surface area (Å²) in [5.74, 6) is -0.283. The van der Waals surface area contributed by atoms with Crippen molar-refractivity contribution >= 4 is 6.03 Å². The second-order valence-electron chi connectivity index (χ2n) is 6.30. The summed E-state index contributed by atoms with van der Waals surface area (Å²) in [4.78, 5) is 12.2. The van der Waals surface area contributed by atoms with Crippen molar-refractivity contribution in [1.82, 2.24) is 10.6 Å². The van der Waals surface area contributed by atoms with Gasteiger partial charge >= 0.3 is 6.03 Å². The monoisotopic (exact) mass is 328 g/mol. The number of carbonyl (C=O) groups is 1. The molecule has 3 rings (SSSR count). The van der Waals surface area contributed by atoms with Crippen LogP contribution < -0.4 is 10.6 Å². The van der Waals surface area contributed by atoms with Crippen molar-refractivity contribution in [3.05, 3.63) is 71.0 Å². The van der Waals surface area contributed by atoms with Gasteiger partial charge in [0.1, 0.15) is 5.82 Å². The minimum Gasteiger partial charge on any atom is -0.390 e. The van der Waals surface area contributed by atoms with E-state index in [2.05, 4.69) is 10.6 Å². The fourth-order valence-corrected chi connectivity index (χ4v) is 3.22. The molecule has 24 heavy (non-hydrogen) atoms. The molecule has 4 nitrogen and oxygen atoms in total. The van der Waals surface area contributed by atoms with Gasteiger partial charge in [-0.1, -0.05) is 36.4 Å². The molecule has 1 aliphatic rings. The summed E-state index contributed by atoms with van der Waals surface area (Å²) in [5.41, 5.74) is 2.84. The van der Waals surface area contributed by atoms with Crippen LogP contribution in [0.2, 0.25) is 0 Å². The molecule has 1 aliphatic carbocycles. The summed E-state index contributed by atoms with van der Waals surface area (Å²) in [7, 11) is 0. The third-order valence-electron chi connectivity index (χ3n) is 4.30. The number of nitrogens with one attached hydrogen (secondary N) is 2. The molecule has 0 fully saturated rings. The van der Waals surface area contributed by atoms with Crippen LogP contribution in [0.5, 0.6) is 0 Å². The first-order chi connectivity index (χ1) is 11.5. The molecule has 0 bridgehead atoms. The predicted octanol–water partition coefficient (Wildman–Crippen LogP) is 2.71. The molecule has 2 aromatic rings. The number of aliphatic hydroxyl groups excluding tert-OH is 1. The molecule has 0 saturated heterocycles. The normalized spacial score (nSPS) is 20.3. The minimum atomic E-state index is -0.619. The van der Waals surface area contributed by atoms with Crippen LogP contribution in [-0.2, 0) is 12.8 Å². The van der Waals surface area contributed by atoms with Gasteiger partial charge < -0.3 is 15.7 Å². The van der Waals surface area contributed by atoms with Crippen LogP contribution in [0, 0.1) is 5.82 Å². The van der Waals surface area contributed by atoms with E-state index in [-0.39, 0.29) is 17.9 Å². The maximum absolute atomic E-state index is 13.2. The van der Waals surface area contributed by atoms with E-state index in [1.807, 2.05) is 37.3 Å². The third kappa shape index (κ3) is 3.74. The summed E-state index contributed by atoms with van der Waals surface area (Å²) in [5, 5.41) is 15.9. The lowest BCUT2D eigenvalue weighted by molar-refractivity contribution is 0.142. The van der Waals surface area contributed by atoms with Crippen LogP contribution >= 0.6 is 0 Å². The van der Waals surface area contributed by atoms with E-state index in [0.29, 0.717) is 12.8 Å². The highest BCUT2D eigenvalue weighted by Crippen LogP contribution is 2.31.